The van der Waals surface area contributed by atoms with Gasteiger partial charge in [-0.05, 0) is 68.4 Å². The highest BCUT2D eigenvalue weighted by Crippen LogP contribution is 2.29. The van der Waals surface area contributed by atoms with Gasteiger partial charge in [0.1, 0.15) is 11.6 Å². The highest BCUT2D eigenvalue weighted by Gasteiger charge is 2.12. The van der Waals surface area contributed by atoms with Gasteiger partial charge in [0.05, 0.1) is 6.61 Å². The Hall–Kier alpha value is -2.79. The molecule has 3 rings (SSSR count). The van der Waals surface area contributed by atoms with E-state index < -0.39 is 0 Å². The van der Waals surface area contributed by atoms with E-state index in [1.54, 1.807) is 17.8 Å². The SMILES string of the molecule is CCOc1ccc(C(=O)Nc2ccc(F)cc2)cc1CSc1ccc(C)cc1. The van der Waals surface area contributed by atoms with Gasteiger partial charge in [0.15, 0.2) is 0 Å². The quantitative estimate of drug-likeness (QED) is 0.493. The van der Waals surface area contributed by atoms with E-state index in [-0.39, 0.29) is 11.7 Å². The molecule has 5 heteroatoms. The molecule has 0 fully saturated rings. The Labute approximate surface area is 168 Å². The Bertz CT molecular complexity index is 940. The van der Waals surface area contributed by atoms with Gasteiger partial charge in [0.2, 0.25) is 0 Å². The maximum Gasteiger partial charge on any atom is 0.255 e. The van der Waals surface area contributed by atoms with E-state index in [2.05, 4.69) is 36.5 Å². The molecule has 0 unspecified atom stereocenters. The molecular weight excluding hydrogens is 373 g/mol. The van der Waals surface area contributed by atoms with Crippen LogP contribution in [-0.2, 0) is 5.75 Å². The number of nitrogens with one attached hydrogen (secondary N) is 1. The summed E-state index contributed by atoms with van der Waals surface area (Å²) in [5.74, 6) is 0.891. The number of halogens is 1. The molecule has 3 aromatic carbocycles. The van der Waals surface area contributed by atoms with Gasteiger partial charge in [-0.3, -0.25) is 4.79 Å². The molecule has 0 spiro atoms. The summed E-state index contributed by atoms with van der Waals surface area (Å²) >= 11 is 1.69. The van der Waals surface area contributed by atoms with Gasteiger partial charge < -0.3 is 10.1 Å². The van der Waals surface area contributed by atoms with Crippen molar-refractivity contribution in [3.8, 4) is 5.75 Å². The van der Waals surface area contributed by atoms with Crippen molar-refractivity contribution in [3.05, 3.63) is 89.2 Å². The first-order valence-corrected chi connectivity index (χ1v) is 10.1. The Morgan fingerprint density at radius 3 is 2.43 bits per heavy atom. The molecular formula is C23H22FNO2S. The predicted molar refractivity (Wildman–Crippen MR) is 113 cm³/mol. The van der Waals surface area contributed by atoms with Gasteiger partial charge in [-0.25, -0.2) is 4.39 Å². The first-order chi connectivity index (χ1) is 13.5. The van der Waals surface area contributed by atoms with Crippen molar-refractivity contribution in [2.24, 2.45) is 0 Å². The van der Waals surface area contributed by atoms with Crippen molar-refractivity contribution in [2.75, 3.05) is 11.9 Å². The zero-order valence-electron chi connectivity index (χ0n) is 15.9. The van der Waals surface area contributed by atoms with Crippen molar-refractivity contribution in [2.45, 2.75) is 24.5 Å². The van der Waals surface area contributed by atoms with E-state index in [1.807, 2.05) is 19.1 Å². The molecule has 0 bridgehead atoms. The smallest absolute Gasteiger partial charge is 0.255 e. The summed E-state index contributed by atoms with van der Waals surface area (Å²) in [6, 6.07) is 19.5. The highest BCUT2D eigenvalue weighted by atomic mass is 32.2. The summed E-state index contributed by atoms with van der Waals surface area (Å²) in [6.07, 6.45) is 0. The highest BCUT2D eigenvalue weighted by molar-refractivity contribution is 7.98. The summed E-state index contributed by atoms with van der Waals surface area (Å²) in [7, 11) is 0. The molecule has 28 heavy (non-hydrogen) atoms. The molecule has 3 nitrogen and oxygen atoms in total. The normalized spacial score (nSPS) is 10.5. The third-order valence-corrected chi connectivity index (χ3v) is 5.20. The molecule has 1 N–H and O–H groups in total. The molecule has 0 aliphatic heterocycles. The van der Waals surface area contributed by atoms with Crippen LogP contribution < -0.4 is 10.1 Å². The van der Waals surface area contributed by atoms with Crippen molar-refractivity contribution < 1.29 is 13.9 Å². The molecule has 0 atom stereocenters. The number of hydrogen-bond donors (Lipinski definition) is 1. The lowest BCUT2D eigenvalue weighted by molar-refractivity contribution is 0.102. The second kappa shape index (κ2) is 9.42. The summed E-state index contributed by atoms with van der Waals surface area (Å²) in [5.41, 5.74) is 3.26. The van der Waals surface area contributed by atoms with Crippen molar-refractivity contribution in [3.63, 3.8) is 0 Å². The molecule has 0 heterocycles. The van der Waals surface area contributed by atoms with Crippen LogP contribution >= 0.6 is 11.8 Å². The number of carbonyl (C=O) groups excluding carboxylic acids is 1. The lowest BCUT2D eigenvalue weighted by Crippen LogP contribution is -2.12. The fraction of sp³-hybridized carbons (Fsp3) is 0.174. The van der Waals surface area contributed by atoms with Crippen LogP contribution in [0.2, 0.25) is 0 Å². The Balaban J connectivity index is 1.76. The molecule has 0 aromatic heterocycles. The fourth-order valence-corrected chi connectivity index (χ4v) is 3.54. The second-order valence-corrected chi connectivity index (χ2v) is 7.37. The van der Waals surface area contributed by atoms with Gasteiger partial charge >= 0.3 is 0 Å². The number of ether oxygens (including phenoxy) is 1. The molecule has 0 aliphatic rings. The van der Waals surface area contributed by atoms with Crippen molar-refractivity contribution in [1.82, 2.24) is 0 Å². The van der Waals surface area contributed by atoms with Gasteiger partial charge in [0.25, 0.3) is 5.91 Å². The molecule has 144 valence electrons. The maximum atomic E-state index is 13.0. The average molecular weight is 395 g/mol. The zero-order chi connectivity index (χ0) is 19.9. The topological polar surface area (TPSA) is 38.3 Å². The number of aryl methyl sites for hydroxylation is 1. The standard InChI is InChI=1S/C23H22FNO2S/c1-3-27-22-13-6-17(23(26)25-20-9-7-19(24)8-10-20)14-18(22)15-28-21-11-4-16(2)5-12-21/h4-14H,3,15H2,1-2H3,(H,25,26). The lowest BCUT2D eigenvalue weighted by atomic mass is 10.1. The Kier molecular flexibility index (Phi) is 6.71. The third-order valence-electron chi connectivity index (χ3n) is 4.14. The minimum absolute atomic E-state index is 0.240. The number of anilines is 1. The first kappa shape index (κ1) is 20.0. The number of amides is 1. The Morgan fingerprint density at radius 2 is 1.75 bits per heavy atom. The largest absolute Gasteiger partial charge is 0.494 e. The van der Waals surface area contributed by atoms with Crippen LogP contribution in [0.1, 0.15) is 28.4 Å². The van der Waals surface area contributed by atoms with Crippen LogP contribution in [0.5, 0.6) is 5.75 Å². The third kappa shape index (κ3) is 5.36. The monoisotopic (exact) mass is 395 g/mol. The fourth-order valence-electron chi connectivity index (χ4n) is 2.66. The van der Waals surface area contributed by atoms with Crippen LogP contribution in [0.4, 0.5) is 10.1 Å². The van der Waals surface area contributed by atoms with E-state index in [9.17, 15) is 9.18 Å². The van der Waals surface area contributed by atoms with E-state index >= 15 is 0 Å². The Morgan fingerprint density at radius 1 is 1.04 bits per heavy atom. The number of carbonyl (C=O) groups is 1. The van der Waals surface area contributed by atoms with E-state index in [4.69, 9.17) is 4.74 Å². The molecule has 0 saturated heterocycles. The minimum atomic E-state index is -0.338. The first-order valence-electron chi connectivity index (χ1n) is 9.07. The summed E-state index contributed by atoms with van der Waals surface area (Å²) in [4.78, 5) is 13.7. The van der Waals surface area contributed by atoms with Crippen LogP contribution in [-0.4, -0.2) is 12.5 Å². The van der Waals surface area contributed by atoms with Crippen LogP contribution in [0.3, 0.4) is 0 Å². The van der Waals surface area contributed by atoms with Gasteiger partial charge in [-0.2, -0.15) is 0 Å². The van der Waals surface area contributed by atoms with Gasteiger partial charge in [-0.15, -0.1) is 11.8 Å². The second-order valence-electron chi connectivity index (χ2n) is 6.32. The van der Waals surface area contributed by atoms with E-state index in [0.29, 0.717) is 23.6 Å². The number of rotatable bonds is 7. The number of thioether (sulfide) groups is 1. The van der Waals surface area contributed by atoms with E-state index in [1.165, 1.54) is 29.8 Å². The molecule has 1 amide bonds. The molecule has 0 saturated carbocycles. The van der Waals surface area contributed by atoms with Crippen molar-refractivity contribution >= 4 is 23.4 Å². The number of benzene rings is 3. The van der Waals surface area contributed by atoms with Gasteiger partial charge in [-0.1, -0.05) is 17.7 Å². The van der Waals surface area contributed by atoms with E-state index in [0.717, 1.165) is 16.2 Å². The minimum Gasteiger partial charge on any atom is -0.494 e. The summed E-state index contributed by atoms with van der Waals surface area (Å²) < 4.78 is 18.8. The lowest BCUT2D eigenvalue weighted by Gasteiger charge is -2.13. The summed E-state index contributed by atoms with van der Waals surface area (Å²) in [6.45, 7) is 4.56. The molecule has 3 aromatic rings. The van der Waals surface area contributed by atoms with Crippen LogP contribution in [0, 0.1) is 12.7 Å². The maximum absolute atomic E-state index is 13.0. The average Bonchev–Trinajstić information content (AvgIpc) is 2.70. The van der Waals surface area contributed by atoms with Gasteiger partial charge in [0, 0.05) is 27.5 Å². The molecule has 0 aliphatic carbocycles. The van der Waals surface area contributed by atoms with Crippen LogP contribution in [0.15, 0.2) is 71.6 Å². The van der Waals surface area contributed by atoms with Crippen LogP contribution in [0.25, 0.3) is 0 Å². The predicted octanol–water partition coefficient (Wildman–Crippen LogP) is 6.08. The number of hydrogen-bond acceptors (Lipinski definition) is 3. The van der Waals surface area contributed by atoms with Crippen molar-refractivity contribution in [1.29, 1.82) is 0 Å². The zero-order valence-corrected chi connectivity index (χ0v) is 16.7. The summed E-state index contributed by atoms with van der Waals surface area (Å²) in [5, 5.41) is 2.79. The molecule has 0 radical (unpaired) electrons.